The Hall–Kier alpha value is -2.49. The molecule has 10 heteroatoms. The second kappa shape index (κ2) is 7.86. The molecule has 2 aromatic carbocycles. The van der Waals surface area contributed by atoms with Crippen LogP contribution in [0.4, 0.5) is 10.1 Å². The van der Waals surface area contributed by atoms with Gasteiger partial charge in [0.2, 0.25) is 10.0 Å². The van der Waals surface area contributed by atoms with Gasteiger partial charge >= 0.3 is 0 Å². The first-order chi connectivity index (χ1) is 12.8. The fourth-order valence-corrected chi connectivity index (χ4v) is 4.25. The summed E-state index contributed by atoms with van der Waals surface area (Å²) in [5, 5.41) is 2.41. The molecule has 0 aliphatic rings. The molecule has 0 saturated heterocycles. The van der Waals surface area contributed by atoms with Crippen molar-refractivity contribution in [1.82, 2.24) is 4.72 Å². The van der Waals surface area contributed by atoms with Crippen molar-refractivity contribution < 1.29 is 22.4 Å². The second-order valence-electron chi connectivity index (χ2n) is 7.01. The van der Waals surface area contributed by atoms with Gasteiger partial charge in [-0.1, -0.05) is 11.6 Å². The number of hydrogen-bond acceptors (Lipinski definition) is 4. The van der Waals surface area contributed by atoms with Crippen LogP contribution in [0.15, 0.2) is 41.3 Å². The summed E-state index contributed by atoms with van der Waals surface area (Å²) in [5.41, 5.74) is 4.07. The monoisotopic (exact) mass is 427 g/mol. The van der Waals surface area contributed by atoms with Gasteiger partial charge in [-0.3, -0.25) is 9.59 Å². The van der Waals surface area contributed by atoms with Crippen molar-refractivity contribution in [1.29, 1.82) is 0 Å². The predicted molar refractivity (Wildman–Crippen MR) is 104 cm³/mol. The number of sulfonamides is 1. The number of halogens is 2. The van der Waals surface area contributed by atoms with E-state index in [1.165, 1.54) is 18.2 Å². The molecule has 0 heterocycles. The molecule has 0 bridgehead atoms. The minimum Gasteiger partial charge on any atom is -0.366 e. The van der Waals surface area contributed by atoms with Gasteiger partial charge in [-0.2, -0.15) is 0 Å². The molecule has 0 radical (unpaired) electrons. The van der Waals surface area contributed by atoms with Gasteiger partial charge in [-0.25, -0.2) is 17.5 Å². The Morgan fingerprint density at radius 3 is 2.32 bits per heavy atom. The highest BCUT2D eigenvalue weighted by Gasteiger charge is 2.25. The summed E-state index contributed by atoms with van der Waals surface area (Å²) in [6.07, 6.45) is 0. The van der Waals surface area contributed by atoms with Gasteiger partial charge in [0.25, 0.3) is 11.8 Å². The zero-order chi connectivity index (χ0) is 21.3. The van der Waals surface area contributed by atoms with Crippen LogP contribution in [0.1, 0.15) is 41.5 Å². The molecule has 28 heavy (non-hydrogen) atoms. The van der Waals surface area contributed by atoms with Crippen molar-refractivity contribution in [3.63, 3.8) is 0 Å². The highest BCUT2D eigenvalue weighted by molar-refractivity contribution is 7.89. The van der Waals surface area contributed by atoms with E-state index in [2.05, 4.69) is 10.0 Å². The molecule has 4 N–H and O–H groups in total. The molecule has 0 aromatic heterocycles. The Morgan fingerprint density at radius 2 is 1.75 bits per heavy atom. The zero-order valence-corrected chi connectivity index (χ0v) is 16.9. The van der Waals surface area contributed by atoms with Crippen molar-refractivity contribution in [3.8, 4) is 0 Å². The van der Waals surface area contributed by atoms with Crippen LogP contribution in [0.5, 0.6) is 0 Å². The minimum atomic E-state index is -3.97. The van der Waals surface area contributed by atoms with E-state index in [4.69, 9.17) is 17.3 Å². The summed E-state index contributed by atoms with van der Waals surface area (Å²) in [6.45, 7) is 5.00. The van der Waals surface area contributed by atoms with E-state index >= 15 is 0 Å². The minimum absolute atomic E-state index is 0.00336. The van der Waals surface area contributed by atoms with Crippen LogP contribution in [-0.2, 0) is 10.0 Å². The van der Waals surface area contributed by atoms with Crippen molar-refractivity contribution in [2.24, 2.45) is 5.73 Å². The summed E-state index contributed by atoms with van der Waals surface area (Å²) in [7, 11) is -3.97. The lowest BCUT2D eigenvalue weighted by Crippen LogP contribution is -2.40. The van der Waals surface area contributed by atoms with Crippen LogP contribution < -0.4 is 15.8 Å². The fourth-order valence-electron chi connectivity index (χ4n) is 2.30. The van der Waals surface area contributed by atoms with Crippen molar-refractivity contribution in [2.45, 2.75) is 31.2 Å². The summed E-state index contributed by atoms with van der Waals surface area (Å²) < 4.78 is 41.1. The highest BCUT2D eigenvalue weighted by Crippen LogP contribution is 2.25. The molecule has 0 saturated carbocycles. The quantitative estimate of drug-likeness (QED) is 0.679. The second-order valence-corrected chi connectivity index (χ2v) is 9.07. The van der Waals surface area contributed by atoms with Crippen LogP contribution in [0, 0.1) is 5.82 Å². The summed E-state index contributed by atoms with van der Waals surface area (Å²) in [6, 6.07) is 7.07. The number of amides is 2. The van der Waals surface area contributed by atoms with Gasteiger partial charge in [0, 0.05) is 16.8 Å². The van der Waals surface area contributed by atoms with Crippen molar-refractivity contribution in [2.75, 3.05) is 5.32 Å². The van der Waals surface area contributed by atoms with Crippen LogP contribution in [0.2, 0.25) is 5.02 Å². The molecule has 0 aliphatic carbocycles. The number of benzene rings is 2. The molecule has 0 spiro atoms. The van der Waals surface area contributed by atoms with Crippen LogP contribution in [0.25, 0.3) is 0 Å². The highest BCUT2D eigenvalue weighted by atomic mass is 35.5. The van der Waals surface area contributed by atoms with Gasteiger partial charge in [-0.05, 0) is 57.2 Å². The molecule has 0 unspecified atom stereocenters. The summed E-state index contributed by atoms with van der Waals surface area (Å²) in [5.74, 6) is -2.48. The molecule has 2 aromatic rings. The molecule has 150 valence electrons. The van der Waals surface area contributed by atoms with Crippen LogP contribution in [0.3, 0.4) is 0 Å². The maximum atomic E-state index is 13.5. The lowest BCUT2D eigenvalue weighted by atomic mass is 10.1. The zero-order valence-electron chi connectivity index (χ0n) is 15.3. The third kappa shape index (κ3) is 5.28. The van der Waals surface area contributed by atoms with Gasteiger partial charge in [-0.15, -0.1) is 0 Å². The average molecular weight is 428 g/mol. The predicted octanol–water partition coefficient (Wildman–Crippen LogP) is 2.91. The average Bonchev–Trinajstić information content (AvgIpc) is 2.54. The molecular formula is C18H19ClFN3O4S. The van der Waals surface area contributed by atoms with Crippen molar-refractivity contribution in [3.05, 3.63) is 58.4 Å². The number of carbonyl (C=O) groups excluding carboxylic acids is 2. The fraction of sp³-hybridized carbons (Fsp3) is 0.222. The normalized spacial score (nSPS) is 11.9. The number of nitrogens with two attached hydrogens (primary N) is 1. The van der Waals surface area contributed by atoms with E-state index in [0.717, 1.165) is 18.2 Å². The maximum absolute atomic E-state index is 13.5. The number of carbonyl (C=O) groups is 2. The Bertz CT molecular complexity index is 1050. The first-order valence-corrected chi connectivity index (χ1v) is 9.90. The number of hydrogen-bond donors (Lipinski definition) is 3. The topological polar surface area (TPSA) is 118 Å². The van der Waals surface area contributed by atoms with Gasteiger partial charge in [0.05, 0.1) is 10.6 Å². The first kappa shape index (κ1) is 21.8. The number of nitrogens with one attached hydrogen (secondary N) is 2. The van der Waals surface area contributed by atoms with E-state index in [1.807, 2.05) is 0 Å². The molecule has 0 fully saturated rings. The van der Waals surface area contributed by atoms with Gasteiger partial charge in [0.15, 0.2) is 0 Å². The third-order valence-electron chi connectivity index (χ3n) is 3.41. The smallest absolute Gasteiger partial charge is 0.255 e. The van der Waals surface area contributed by atoms with Crippen LogP contribution in [-0.4, -0.2) is 25.8 Å². The molecular weight excluding hydrogens is 409 g/mol. The Balaban J connectivity index is 2.35. The van der Waals surface area contributed by atoms with E-state index in [-0.39, 0.29) is 26.7 Å². The number of primary amides is 1. The standard InChI is InChI=1S/C18H19ClFN3O4S/c1-18(2,3)23-28(26,27)15-8-10(4-6-13(15)19)17(25)22-11-5-7-14(20)12(9-11)16(21)24/h4-9,23H,1-3H3,(H2,21,24)(H,22,25). The molecule has 2 amide bonds. The van der Waals surface area contributed by atoms with E-state index in [0.29, 0.717) is 0 Å². The Labute approximate surface area is 167 Å². The third-order valence-corrected chi connectivity index (χ3v) is 5.65. The van der Waals surface area contributed by atoms with E-state index in [1.54, 1.807) is 20.8 Å². The SMILES string of the molecule is CC(C)(C)NS(=O)(=O)c1cc(C(=O)Nc2ccc(F)c(C(N)=O)c2)ccc1Cl. The van der Waals surface area contributed by atoms with E-state index in [9.17, 15) is 22.4 Å². The lowest BCUT2D eigenvalue weighted by molar-refractivity contribution is 0.0992. The Kier molecular flexibility index (Phi) is 6.12. The Morgan fingerprint density at radius 1 is 1.11 bits per heavy atom. The first-order valence-electron chi connectivity index (χ1n) is 8.04. The van der Waals surface area contributed by atoms with Crippen LogP contribution >= 0.6 is 11.6 Å². The largest absolute Gasteiger partial charge is 0.366 e. The van der Waals surface area contributed by atoms with E-state index < -0.39 is 33.2 Å². The summed E-state index contributed by atoms with van der Waals surface area (Å²) in [4.78, 5) is 23.4. The molecule has 2 rings (SSSR count). The molecule has 0 aliphatic heterocycles. The maximum Gasteiger partial charge on any atom is 0.255 e. The van der Waals surface area contributed by atoms with Gasteiger partial charge in [0.1, 0.15) is 10.7 Å². The lowest BCUT2D eigenvalue weighted by Gasteiger charge is -2.21. The number of rotatable bonds is 5. The van der Waals surface area contributed by atoms with Gasteiger partial charge < -0.3 is 11.1 Å². The summed E-state index contributed by atoms with van der Waals surface area (Å²) >= 11 is 6.00. The molecule has 0 atom stereocenters. The van der Waals surface area contributed by atoms with Crippen molar-refractivity contribution >= 4 is 39.1 Å². The molecule has 7 nitrogen and oxygen atoms in total. The number of anilines is 1.